The molecule has 152 valence electrons. The molecule has 0 spiro atoms. The van der Waals surface area contributed by atoms with Gasteiger partial charge in [-0.2, -0.15) is 10.4 Å². The van der Waals surface area contributed by atoms with Gasteiger partial charge in [0.25, 0.3) is 5.91 Å². The molecule has 0 saturated heterocycles. The number of nitrogens with one attached hydrogen (secondary N) is 2. The van der Waals surface area contributed by atoms with Crippen LogP contribution in [0.3, 0.4) is 0 Å². The third kappa shape index (κ3) is 5.90. The van der Waals surface area contributed by atoms with Crippen molar-refractivity contribution in [1.29, 1.82) is 5.26 Å². The molecule has 1 aromatic carbocycles. The molecule has 0 fully saturated rings. The van der Waals surface area contributed by atoms with Gasteiger partial charge in [0.15, 0.2) is 6.10 Å². The summed E-state index contributed by atoms with van der Waals surface area (Å²) in [6, 6.07) is 9.50. The predicted molar refractivity (Wildman–Crippen MR) is 106 cm³/mol. The molecule has 1 heterocycles. The van der Waals surface area contributed by atoms with Crippen molar-refractivity contribution >= 4 is 29.3 Å². The van der Waals surface area contributed by atoms with Crippen molar-refractivity contribution in [3.8, 4) is 6.07 Å². The molecule has 0 aliphatic heterocycles. The Kier molecular flexibility index (Phi) is 7.48. The van der Waals surface area contributed by atoms with Crippen LogP contribution in [0.25, 0.3) is 0 Å². The highest BCUT2D eigenvalue weighted by atomic mass is 16.5. The minimum absolute atomic E-state index is 0.116. The summed E-state index contributed by atoms with van der Waals surface area (Å²) in [6.45, 7) is 5.48. The van der Waals surface area contributed by atoms with Crippen LogP contribution in [0.5, 0.6) is 0 Å². The van der Waals surface area contributed by atoms with Gasteiger partial charge >= 0.3 is 5.97 Å². The maximum atomic E-state index is 12.4. The number of esters is 1. The Hall–Kier alpha value is -3.67. The first-order valence-corrected chi connectivity index (χ1v) is 9.18. The van der Waals surface area contributed by atoms with E-state index in [0.717, 1.165) is 6.42 Å². The Morgan fingerprint density at radius 2 is 1.86 bits per heavy atom. The number of carbonyl (C=O) groups excluding carboxylic acids is 3. The Balaban J connectivity index is 1.94. The molecule has 0 aliphatic carbocycles. The second-order valence-corrected chi connectivity index (χ2v) is 6.42. The first-order valence-electron chi connectivity index (χ1n) is 9.18. The minimum Gasteiger partial charge on any atom is -0.449 e. The van der Waals surface area contributed by atoms with Crippen LogP contribution < -0.4 is 10.6 Å². The summed E-state index contributed by atoms with van der Waals surface area (Å²) in [5.41, 5.74) is 0.679. The summed E-state index contributed by atoms with van der Waals surface area (Å²) in [5.74, 6) is -1.05. The quantitative estimate of drug-likeness (QED) is 0.660. The van der Waals surface area contributed by atoms with E-state index in [1.54, 1.807) is 23.0 Å². The average Bonchev–Trinajstić information content (AvgIpc) is 3.16. The van der Waals surface area contributed by atoms with Crippen LogP contribution >= 0.6 is 0 Å². The average molecular weight is 397 g/mol. The molecule has 0 aliphatic rings. The zero-order chi connectivity index (χ0) is 21.4. The number of nitriles is 1. The number of hydrogen-bond donors (Lipinski definition) is 2. The summed E-state index contributed by atoms with van der Waals surface area (Å²) in [7, 11) is 0. The molecule has 1 aromatic heterocycles. The summed E-state index contributed by atoms with van der Waals surface area (Å²) in [4.78, 5) is 36.0. The molecule has 9 heteroatoms. The first kappa shape index (κ1) is 21.6. The normalized spacial score (nSPS) is 12.3. The van der Waals surface area contributed by atoms with Gasteiger partial charge in [0.05, 0.1) is 23.9 Å². The standard InChI is InChI=1S/C20H23N5O4/c1-4-13(2)25-17(10-12-22-25)24-19(27)14(3)29-20(28)15-5-7-16(8-6-15)23-18(26)9-11-21/h5-8,10,12-14H,4,9H2,1-3H3,(H,23,26)(H,24,27)/t13-,14+/m1/s1. The molecule has 0 bridgehead atoms. The number of rotatable bonds is 8. The molecule has 29 heavy (non-hydrogen) atoms. The molecular weight excluding hydrogens is 374 g/mol. The monoisotopic (exact) mass is 397 g/mol. The van der Waals surface area contributed by atoms with E-state index in [1.165, 1.54) is 31.2 Å². The van der Waals surface area contributed by atoms with Gasteiger partial charge < -0.3 is 15.4 Å². The number of ether oxygens (including phenoxy) is 1. The topological polar surface area (TPSA) is 126 Å². The fraction of sp³-hybridized carbons (Fsp3) is 0.350. The van der Waals surface area contributed by atoms with Gasteiger partial charge in [0.1, 0.15) is 12.2 Å². The van der Waals surface area contributed by atoms with E-state index in [9.17, 15) is 14.4 Å². The lowest BCUT2D eigenvalue weighted by Crippen LogP contribution is -2.31. The van der Waals surface area contributed by atoms with Crippen molar-refractivity contribution < 1.29 is 19.1 Å². The third-order valence-corrected chi connectivity index (χ3v) is 4.23. The maximum Gasteiger partial charge on any atom is 0.338 e. The van der Waals surface area contributed by atoms with E-state index in [-0.39, 0.29) is 18.0 Å². The van der Waals surface area contributed by atoms with E-state index < -0.39 is 23.9 Å². The molecule has 0 unspecified atom stereocenters. The molecule has 2 aromatic rings. The minimum atomic E-state index is -1.02. The number of amides is 2. The van der Waals surface area contributed by atoms with Crippen molar-refractivity contribution in [2.24, 2.45) is 0 Å². The highest BCUT2D eigenvalue weighted by Gasteiger charge is 2.21. The number of aromatic nitrogens is 2. The molecule has 0 radical (unpaired) electrons. The molecule has 0 saturated carbocycles. The molecular formula is C20H23N5O4. The van der Waals surface area contributed by atoms with E-state index in [2.05, 4.69) is 15.7 Å². The van der Waals surface area contributed by atoms with Gasteiger partial charge in [0.2, 0.25) is 5.91 Å². The predicted octanol–water partition coefficient (Wildman–Crippen LogP) is 2.89. The summed E-state index contributed by atoms with van der Waals surface area (Å²) in [5, 5.41) is 17.9. The Labute approximate surface area is 168 Å². The van der Waals surface area contributed by atoms with Crippen LogP contribution in [0.4, 0.5) is 11.5 Å². The van der Waals surface area contributed by atoms with Crippen LogP contribution in [0.15, 0.2) is 36.5 Å². The van der Waals surface area contributed by atoms with E-state index in [4.69, 9.17) is 10.00 Å². The molecule has 2 amide bonds. The molecule has 2 N–H and O–H groups in total. The van der Waals surface area contributed by atoms with Gasteiger partial charge in [-0.3, -0.25) is 9.59 Å². The van der Waals surface area contributed by atoms with Crippen molar-refractivity contribution in [3.63, 3.8) is 0 Å². The second kappa shape index (κ2) is 10.0. The van der Waals surface area contributed by atoms with Crippen molar-refractivity contribution in [2.75, 3.05) is 10.6 Å². The fourth-order valence-corrected chi connectivity index (χ4v) is 2.41. The lowest BCUT2D eigenvalue weighted by atomic mass is 10.2. The van der Waals surface area contributed by atoms with Gasteiger partial charge in [-0.25, -0.2) is 9.48 Å². The maximum absolute atomic E-state index is 12.4. The van der Waals surface area contributed by atoms with E-state index in [0.29, 0.717) is 11.5 Å². The van der Waals surface area contributed by atoms with E-state index in [1.807, 2.05) is 13.8 Å². The number of benzene rings is 1. The lowest BCUT2D eigenvalue weighted by Gasteiger charge is -2.17. The van der Waals surface area contributed by atoms with Crippen molar-refractivity contribution in [1.82, 2.24) is 9.78 Å². The SMILES string of the molecule is CC[C@@H](C)n1nccc1NC(=O)[C@H](C)OC(=O)c1ccc(NC(=O)CC#N)cc1. The van der Waals surface area contributed by atoms with Crippen LogP contribution in [0.2, 0.25) is 0 Å². The smallest absolute Gasteiger partial charge is 0.338 e. The lowest BCUT2D eigenvalue weighted by molar-refractivity contribution is -0.123. The second-order valence-electron chi connectivity index (χ2n) is 6.42. The Bertz CT molecular complexity index is 914. The largest absolute Gasteiger partial charge is 0.449 e. The van der Waals surface area contributed by atoms with Gasteiger partial charge in [-0.15, -0.1) is 0 Å². The van der Waals surface area contributed by atoms with Gasteiger partial charge in [0, 0.05) is 11.8 Å². The summed E-state index contributed by atoms with van der Waals surface area (Å²) in [6.07, 6.45) is 1.17. The summed E-state index contributed by atoms with van der Waals surface area (Å²) >= 11 is 0. The van der Waals surface area contributed by atoms with Crippen molar-refractivity contribution in [3.05, 3.63) is 42.1 Å². The highest BCUT2D eigenvalue weighted by molar-refractivity contribution is 5.97. The number of nitrogens with zero attached hydrogens (tertiary/aromatic N) is 3. The van der Waals surface area contributed by atoms with Crippen molar-refractivity contribution in [2.45, 2.75) is 45.8 Å². The first-order chi connectivity index (χ1) is 13.8. The Morgan fingerprint density at radius 1 is 1.17 bits per heavy atom. The van der Waals surface area contributed by atoms with E-state index >= 15 is 0 Å². The zero-order valence-corrected chi connectivity index (χ0v) is 16.5. The molecule has 2 rings (SSSR count). The molecule has 9 nitrogen and oxygen atoms in total. The fourth-order valence-electron chi connectivity index (χ4n) is 2.41. The van der Waals surface area contributed by atoms with Crippen LogP contribution in [-0.2, 0) is 14.3 Å². The molecule has 2 atom stereocenters. The number of carbonyl (C=O) groups is 3. The zero-order valence-electron chi connectivity index (χ0n) is 16.5. The van der Waals surface area contributed by atoms with Crippen LogP contribution in [0.1, 0.15) is 50.0 Å². The summed E-state index contributed by atoms with van der Waals surface area (Å²) < 4.78 is 6.92. The number of hydrogen-bond acceptors (Lipinski definition) is 6. The highest BCUT2D eigenvalue weighted by Crippen LogP contribution is 2.17. The third-order valence-electron chi connectivity index (χ3n) is 4.23. The van der Waals surface area contributed by atoms with Gasteiger partial charge in [-0.1, -0.05) is 6.92 Å². The van der Waals surface area contributed by atoms with Crippen LogP contribution in [0, 0.1) is 11.3 Å². The Morgan fingerprint density at radius 3 is 2.48 bits per heavy atom. The van der Waals surface area contributed by atoms with Crippen LogP contribution in [-0.4, -0.2) is 33.7 Å². The number of anilines is 2. The van der Waals surface area contributed by atoms with Gasteiger partial charge in [-0.05, 0) is 44.5 Å².